The molecule has 36 heavy (non-hydrogen) atoms. The summed E-state index contributed by atoms with van der Waals surface area (Å²) in [4.78, 5) is 35.7. The molecule has 0 radical (unpaired) electrons. The molecule has 0 spiro atoms. The summed E-state index contributed by atoms with van der Waals surface area (Å²) >= 11 is 0. The van der Waals surface area contributed by atoms with Crippen molar-refractivity contribution in [2.24, 2.45) is 46.3 Å². The van der Waals surface area contributed by atoms with Crippen LogP contribution in [0.1, 0.15) is 92.4 Å². The fourth-order valence-electron chi connectivity index (χ4n) is 9.42. The Morgan fingerprint density at radius 2 is 1.67 bits per heavy atom. The Morgan fingerprint density at radius 3 is 2.31 bits per heavy atom. The van der Waals surface area contributed by atoms with Gasteiger partial charge in [0.1, 0.15) is 12.2 Å². The number of methoxy groups -OCH3 is 1. The molecule has 0 aromatic carbocycles. The van der Waals surface area contributed by atoms with Crippen molar-refractivity contribution < 1.29 is 33.7 Å². The van der Waals surface area contributed by atoms with Crippen LogP contribution in [0.3, 0.4) is 0 Å². The van der Waals surface area contributed by atoms with E-state index >= 15 is 0 Å². The van der Waals surface area contributed by atoms with Crippen molar-refractivity contribution in [2.75, 3.05) is 7.11 Å². The number of hydrogen-bond donors (Lipinski definition) is 1. The molecule has 7 heteroatoms. The molecule has 4 rings (SSSR count). The Hall–Kier alpha value is -1.63. The van der Waals surface area contributed by atoms with E-state index in [0.717, 1.165) is 44.9 Å². The second kappa shape index (κ2) is 10.3. The summed E-state index contributed by atoms with van der Waals surface area (Å²) in [6.45, 7) is 9.78. The second-order valence-corrected chi connectivity index (χ2v) is 12.8. The maximum absolute atomic E-state index is 12.2. The lowest BCUT2D eigenvalue weighted by Gasteiger charge is -2.64. The highest BCUT2D eigenvalue weighted by Gasteiger charge is 2.66. The van der Waals surface area contributed by atoms with Gasteiger partial charge in [0.25, 0.3) is 0 Å². The first-order valence-corrected chi connectivity index (χ1v) is 14.0. The van der Waals surface area contributed by atoms with Gasteiger partial charge in [0.2, 0.25) is 0 Å². The quantitative estimate of drug-likeness (QED) is 0.412. The first-order valence-electron chi connectivity index (χ1n) is 14.0. The Balaban J connectivity index is 1.62. The smallest absolute Gasteiger partial charge is 0.305 e. The first-order chi connectivity index (χ1) is 16.9. The Labute approximate surface area is 216 Å². The number of aliphatic hydroxyl groups excluding tert-OH is 1. The van der Waals surface area contributed by atoms with Gasteiger partial charge < -0.3 is 19.3 Å². The predicted octanol–water partition coefficient (Wildman–Crippen LogP) is 4.68. The van der Waals surface area contributed by atoms with Gasteiger partial charge in [-0.2, -0.15) is 0 Å². The van der Waals surface area contributed by atoms with Gasteiger partial charge in [0.15, 0.2) is 0 Å². The minimum Gasteiger partial charge on any atom is -0.469 e. The van der Waals surface area contributed by atoms with E-state index in [1.807, 2.05) is 0 Å². The first kappa shape index (κ1) is 27.4. The van der Waals surface area contributed by atoms with E-state index in [0.29, 0.717) is 24.7 Å². The largest absolute Gasteiger partial charge is 0.469 e. The van der Waals surface area contributed by atoms with E-state index in [1.165, 1.54) is 21.0 Å². The summed E-state index contributed by atoms with van der Waals surface area (Å²) in [6.07, 6.45) is 6.59. The third kappa shape index (κ3) is 4.69. The Bertz CT molecular complexity index is 857. The van der Waals surface area contributed by atoms with E-state index in [2.05, 4.69) is 20.8 Å². The van der Waals surface area contributed by atoms with Crippen LogP contribution in [-0.2, 0) is 28.6 Å². The highest BCUT2D eigenvalue weighted by Crippen LogP contribution is 2.68. The number of carbonyl (C=O) groups is 3. The number of carbonyl (C=O) groups excluding carboxylic acids is 3. The van der Waals surface area contributed by atoms with Crippen LogP contribution in [0, 0.1) is 46.3 Å². The van der Waals surface area contributed by atoms with E-state index in [1.54, 1.807) is 0 Å². The van der Waals surface area contributed by atoms with Gasteiger partial charge in [-0.25, -0.2) is 0 Å². The van der Waals surface area contributed by atoms with Crippen LogP contribution < -0.4 is 0 Å². The third-order valence-corrected chi connectivity index (χ3v) is 11.2. The SMILES string of the molecule is COC(=O)CCC(C)[C@H]1CC[C@H]2[C@@H]3[C@H](OC(C)=O)C[C@@H]4C[C@H](OC(C)=O)CC[C@]4(C)[C@H]3C[C@H](O)[C@]12C. The van der Waals surface area contributed by atoms with Crippen LogP contribution in [0.15, 0.2) is 0 Å². The molecule has 4 aliphatic rings. The monoisotopic (exact) mass is 506 g/mol. The average Bonchev–Trinajstić information content (AvgIpc) is 3.16. The molecule has 0 saturated heterocycles. The highest BCUT2D eigenvalue weighted by atomic mass is 16.5. The molecule has 204 valence electrons. The lowest BCUT2D eigenvalue weighted by atomic mass is 9.43. The topological polar surface area (TPSA) is 99.1 Å². The summed E-state index contributed by atoms with van der Waals surface area (Å²) < 4.78 is 16.5. The predicted molar refractivity (Wildman–Crippen MR) is 134 cm³/mol. The maximum atomic E-state index is 12.2. The van der Waals surface area contributed by atoms with E-state index < -0.39 is 6.10 Å². The summed E-state index contributed by atoms with van der Waals surface area (Å²) in [6, 6.07) is 0. The number of fused-ring (bicyclic) bond motifs is 5. The fourth-order valence-corrected chi connectivity index (χ4v) is 9.42. The molecule has 4 aliphatic carbocycles. The molecule has 1 N–H and O–H groups in total. The van der Waals surface area contributed by atoms with Crippen LogP contribution in [-0.4, -0.2) is 48.4 Å². The number of rotatable bonds is 6. The fraction of sp³-hybridized carbons (Fsp3) is 0.897. The van der Waals surface area contributed by atoms with Gasteiger partial charge in [-0.15, -0.1) is 0 Å². The lowest BCUT2D eigenvalue weighted by Crippen LogP contribution is -2.63. The highest BCUT2D eigenvalue weighted by molar-refractivity contribution is 5.69. The zero-order chi connectivity index (χ0) is 26.4. The lowest BCUT2D eigenvalue weighted by molar-refractivity contribution is -0.218. The average molecular weight is 507 g/mol. The molecule has 0 aromatic rings. The van der Waals surface area contributed by atoms with Crippen LogP contribution in [0.25, 0.3) is 0 Å². The van der Waals surface area contributed by atoms with Crippen molar-refractivity contribution in [1.29, 1.82) is 0 Å². The molecule has 0 aliphatic heterocycles. The molecule has 0 aromatic heterocycles. The van der Waals surface area contributed by atoms with Crippen LogP contribution in [0.5, 0.6) is 0 Å². The van der Waals surface area contributed by atoms with E-state index in [-0.39, 0.29) is 64.6 Å². The molecule has 4 fully saturated rings. The normalized spacial score (nSPS) is 44.4. The van der Waals surface area contributed by atoms with Gasteiger partial charge in [0.05, 0.1) is 13.2 Å². The second-order valence-electron chi connectivity index (χ2n) is 12.8. The summed E-state index contributed by atoms with van der Waals surface area (Å²) in [5.74, 6) is 0.965. The summed E-state index contributed by atoms with van der Waals surface area (Å²) in [7, 11) is 1.43. The van der Waals surface area contributed by atoms with Crippen molar-refractivity contribution in [1.82, 2.24) is 0 Å². The number of hydrogen-bond acceptors (Lipinski definition) is 7. The Kier molecular flexibility index (Phi) is 7.81. The van der Waals surface area contributed by atoms with Gasteiger partial charge in [-0.1, -0.05) is 20.8 Å². The molecule has 1 unspecified atom stereocenters. The van der Waals surface area contributed by atoms with Crippen molar-refractivity contribution in [2.45, 2.75) is 111 Å². The molecular weight excluding hydrogens is 460 g/mol. The van der Waals surface area contributed by atoms with Crippen molar-refractivity contribution in [3.63, 3.8) is 0 Å². The maximum Gasteiger partial charge on any atom is 0.305 e. The minimum absolute atomic E-state index is 0.0227. The van der Waals surface area contributed by atoms with Crippen LogP contribution in [0.4, 0.5) is 0 Å². The molecule has 7 nitrogen and oxygen atoms in total. The number of esters is 3. The van der Waals surface area contributed by atoms with Crippen molar-refractivity contribution >= 4 is 17.9 Å². The molecule has 4 saturated carbocycles. The van der Waals surface area contributed by atoms with Crippen LogP contribution >= 0.6 is 0 Å². The van der Waals surface area contributed by atoms with Gasteiger partial charge in [-0.3, -0.25) is 14.4 Å². The number of aliphatic hydroxyl groups is 1. The van der Waals surface area contributed by atoms with Gasteiger partial charge in [0, 0.05) is 26.2 Å². The third-order valence-electron chi connectivity index (χ3n) is 11.2. The molecular formula is C29H46O7. The minimum atomic E-state index is -0.434. The van der Waals surface area contributed by atoms with Crippen molar-refractivity contribution in [3.8, 4) is 0 Å². The van der Waals surface area contributed by atoms with Crippen molar-refractivity contribution in [3.05, 3.63) is 0 Å². The van der Waals surface area contributed by atoms with Crippen LogP contribution in [0.2, 0.25) is 0 Å². The van der Waals surface area contributed by atoms with Gasteiger partial charge in [-0.05, 0) is 91.8 Å². The van der Waals surface area contributed by atoms with Gasteiger partial charge >= 0.3 is 17.9 Å². The zero-order valence-corrected chi connectivity index (χ0v) is 23.0. The zero-order valence-electron chi connectivity index (χ0n) is 23.0. The summed E-state index contributed by atoms with van der Waals surface area (Å²) in [5.41, 5.74) is -0.248. The molecule has 0 amide bonds. The van der Waals surface area contributed by atoms with E-state index in [4.69, 9.17) is 14.2 Å². The Morgan fingerprint density at radius 1 is 0.972 bits per heavy atom. The molecule has 11 atom stereocenters. The summed E-state index contributed by atoms with van der Waals surface area (Å²) in [5, 5.41) is 11.8. The van der Waals surface area contributed by atoms with E-state index in [9.17, 15) is 19.5 Å². The molecule has 0 heterocycles. The number of ether oxygens (including phenoxy) is 3. The molecule has 0 bridgehead atoms. The standard InChI is InChI=1S/C29H46O7/c1-16(7-10-26(33)34-6)21-8-9-22-27-23(15-25(32)29(21,22)5)28(4)12-11-20(35-17(2)30)13-19(28)14-24(27)36-18(3)31/h16,19-25,27,32H,7-15H2,1-6H3/t16?,19-,20+,21+,22-,23-,24+,25-,27-,28-,29+/m0/s1.